The summed E-state index contributed by atoms with van der Waals surface area (Å²) in [6.07, 6.45) is 5.50. The Balaban J connectivity index is 1.25. The number of thiophene rings is 1. The van der Waals surface area contributed by atoms with Gasteiger partial charge < -0.3 is 10.5 Å². The minimum Gasteiger partial charge on any atom is -0.382 e. The summed E-state index contributed by atoms with van der Waals surface area (Å²) < 4.78 is 10.7. The van der Waals surface area contributed by atoms with Gasteiger partial charge in [0.05, 0.1) is 30.2 Å². The second-order valence-corrected chi connectivity index (χ2v) is 10.7. The first kappa shape index (κ1) is 25.8. The third-order valence-electron chi connectivity index (χ3n) is 6.79. The number of ether oxygens (including phenoxy) is 1. The fraction of sp³-hybridized carbons (Fsp3) is 0.194. The first-order chi connectivity index (χ1) is 19.5. The number of aromatic nitrogens is 5. The zero-order chi connectivity index (χ0) is 27.6. The summed E-state index contributed by atoms with van der Waals surface area (Å²) in [5.74, 6) is 7.06. The molecule has 2 aromatic carbocycles. The molecule has 0 amide bonds. The van der Waals surface area contributed by atoms with E-state index in [-0.39, 0.29) is 6.04 Å². The summed E-state index contributed by atoms with van der Waals surface area (Å²) in [5.41, 5.74) is 12.8. The van der Waals surface area contributed by atoms with Gasteiger partial charge in [-0.3, -0.25) is 10.00 Å². The van der Waals surface area contributed by atoms with E-state index in [2.05, 4.69) is 81.7 Å². The highest BCUT2D eigenvalue weighted by atomic mass is 32.1. The Kier molecular flexibility index (Phi) is 7.05. The van der Waals surface area contributed by atoms with E-state index >= 15 is 0 Å². The fourth-order valence-corrected chi connectivity index (χ4v) is 6.02. The molecule has 4 aromatic heterocycles. The van der Waals surface area contributed by atoms with Crippen molar-refractivity contribution in [1.29, 1.82) is 0 Å². The molecule has 3 N–H and O–H groups in total. The SMILES string of the molecule is Cc1nn(C)cc1C#Cc1ccc2sc([C@@H](C)NCOCc3c(N)nn4cccnc34)c(-c3ccccc3)c2c1. The van der Waals surface area contributed by atoms with Crippen LogP contribution >= 0.6 is 11.3 Å². The molecule has 9 heteroatoms. The standard InChI is InChI=1S/C31H29N7OS/c1-20-24(17-37(3)35-20)12-10-22-11-13-27-25(16-22)28(23-8-5-4-6-9-23)29(40-27)21(2)34-19-39-18-26-30(32)36-38-15-7-14-33-31(26)38/h4-9,11,13-17,21,34H,18-19H2,1-3H3,(H2,32,36)/t21-/m1/s1. The van der Waals surface area contributed by atoms with Gasteiger partial charge in [-0.1, -0.05) is 42.2 Å². The third-order valence-corrected chi connectivity index (χ3v) is 8.14. The molecule has 200 valence electrons. The van der Waals surface area contributed by atoms with E-state index in [4.69, 9.17) is 10.5 Å². The number of nitrogens with zero attached hydrogens (tertiary/aromatic N) is 5. The average molecular weight is 548 g/mol. The first-order valence-electron chi connectivity index (χ1n) is 13.0. The molecule has 0 spiro atoms. The maximum Gasteiger partial charge on any atom is 0.162 e. The Hall–Kier alpha value is -4.49. The van der Waals surface area contributed by atoms with Gasteiger partial charge in [0.15, 0.2) is 11.5 Å². The number of nitrogens with one attached hydrogen (secondary N) is 1. The Bertz CT molecular complexity index is 1870. The van der Waals surface area contributed by atoms with Gasteiger partial charge in [0.25, 0.3) is 0 Å². The van der Waals surface area contributed by atoms with Crippen LogP contribution in [-0.2, 0) is 18.4 Å². The molecule has 6 aromatic rings. The Morgan fingerprint density at radius 3 is 2.75 bits per heavy atom. The predicted octanol–water partition coefficient (Wildman–Crippen LogP) is 5.46. The molecule has 0 aliphatic heterocycles. The minimum atomic E-state index is 0.0551. The van der Waals surface area contributed by atoms with Gasteiger partial charge in [-0.25, -0.2) is 9.50 Å². The van der Waals surface area contributed by atoms with Crippen molar-refractivity contribution in [3.63, 3.8) is 0 Å². The van der Waals surface area contributed by atoms with Gasteiger partial charge in [0.1, 0.15) is 0 Å². The van der Waals surface area contributed by atoms with Crippen molar-refractivity contribution in [2.45, 2.75) is 26.5 Å². The molecule has 8 nitrogen and oxygen atoms in total. The quantitative estimate of drug-likeness (QED) is 0.157. The molecule has 40 heavy (non-hydrogen) atoms. The second kappa shape index (κ2) is 10.9. The van der Waals surface area contributed by atoms with Crippen molar-refractivity contribution in [1.82, 2.24) is 29.7 Å². The van der Waals surface area contributed by atoms with Crippen molar-refractivity contribution in [2.75, 3.05) is 12.5 Å². The van der Waals surface area contributed by atoms with Crippen molar-refractivity contribution >= 4 is 32.9 Å². The fourth-order valence-electron chi connectivity index (χ4n) is 4.78. The summed E-state index contributed by atoms with van der Waals surface area (Å²) in [6.45, 7) is 4.82. The highest BCUT2D eigenvalue weighted by Gasteiger charge is 2.19. The van der Waals surface area contributed by atoms with E-state index in [1.165, 1.54) is 26.1 Å². The van der Waals surface area contributed by atoms with Crippen LogP contribution in [0.3, 0.4) is 0 Å². The number of anilines is 1. The molecule has 1 atom stereocenters. The number of nitrogens with two attached hydrogens (primary N) is 1. The van der Waals surface area contributed by atoms with Crippen molar-refractivity contribution < 1.29 is 4.74 Å². The highest BCUT2D eigenvalue weighted by molar-refractivity contribution is 7.19. The van der Waals surface area contributed by atoms with E-state index in [1.807, 2.05) is 38.5 Å². The lowest BCUT2D eigenvalue weighted by Gasteiger charge is -2.15. The summed E-state index contributed by atoms with van der Waals surface area (Å²) in [6, 6.07) is 18.8. The molecule has 0 saturated carbocycles. The van der Waals surface area contributed by atoms with E-state index < -0.39 is 0 Å². The molecule has 0 radical (unpaired) electrons. The molecular weight excluding hydrogens is 518 g/mol. The highest BCUT2D eigenvalue weighted by Crippen LogP contribution is 2.42. The molecule has 0 bridgehead atoms. The maximum absolute atomic E-state index is 6.10. The van der Waals surface area contributed by atoms with Crippen LogP contribution in [0.4, 0.5) is 5.82 Å². The van der Waals surface area contributed by atoms with Crippen LogP contribution in [0.15, 0.2) is 73.2 Å². The smallest absolute Gasteiger partial charge is 0.162 e. The lowest BCUT2D eigenvalue weighted by molar-refractivity contribution is 0.0980. The van der Waals surface area contributed by atoms with Gasteiger partial charge in [-0.2, -0.15) is 5.10 Å². The molecule has 4 heterocycles. The van der Waals surface area contributed by atoms with Crippen LogP contribution in [0, 0.1) is 18.8 Å². The van der Waals surface area contributed by atoms with Crippen LogP contribution in [-0.4, -0.2) is 31.1 Å². The third kappa shape index (κ3) is 5.08. The van der Waals surface area contributed by atoms with Crippen molar-refractivity contribution in [3.8, 4) is 23.0 Å². The zero-order valence-electron chi connectivity index (χ0n) is 22.5. The predicted molar refractivity (Wildman–Crippen MR) is 160 cm³/mol. The summed E-state index contributed by atoms with van der Waals surface area (Å²) in [5, 5.41) is 13.4. The normalized spacial score (nSPS) is 12.1. The van der Waals surface area contributed by atoms with Gasteiger partial charge in [0, 0.05) is 57.8 Å². The van der Waals surface area contributed by atoms with Gasteiger partial charge in [0.2, 0.25) is 0 Å². The molecule has 0 fully saturated rings. The van der Waals surface area contributed by atoms with E-state index in [0.29, 0.717) is 24.8 Å². The van der Waals surface area contributed by atoms with Gasteiger partial charge in [-0.05, 0) is 43.7 Å². The van der Waals surface area contributed by atoms with Crippen LogP contribution in [0.5, 0.6) is 0 Å². The monoisotopic (exact) mass is 547 g/mol. The molecule has 0 aliphatic rings. The van der Waals surface area contributed by atoms with Crippen molar-refractivity contribution in [3.05, 3.63) is 100 Å². The van der Waals surface area contributed by atoms with Crippen LogP contribution in [0.25, 0.3) is 26.9 Å². The summed E-state index contributed by atoms with van der Waals surface area (Å²) in [4.78, 5) is 5.63. The number of hydrogen-bond donors (Lipinski definition) is 2. The maximum atomic E-state index is 6.10. The zero-order valence-corrected chi connectivity index (χ0v) is 23.4. The van der Waals surface area contributed by atoms with E-state index in [1.54, 1.807) is 26.7 Å². The van der Waals surface area contributed by atoms with Crippen LogP contribution < -0.4 is 11.1 Å². The average Bonchev–Trinajstić information content (AvgIpc) is 3.61. The number of rotatable bonds is 7. The Labute approximate surface area is 236 Å². The van der Waals surface area contributed by atoms with E-state index in [9.17, 15) is 0 Å². The first-order valence-corrected chi connectivity index (χ1v) is 13.8. The van der Waals surface area contributed by atoms with Crippen molar-refractivity contribution in [2.24, 2.45) is 7.05 Å². The number of nitrogen functional groups attached to an aromatic ring is 1. The molecule has 0 aliphatic carbocycles. The lowest BCUT2D eigenvalue weighted by atomic mass is 9.98. The molecule has 0 unspecified atom stereocenters. The number of benzene rings is 2. The Morgan fingerprint density at radius 1 is 1.10 bits per heavy atom. The molecular formula is C31H29N7OS. The second-order valence-electron chi connectivity index (χ2n) is 9.64. The number of aryl methyl sites for hydroxylation is 2. The summed E-state index contributed by atoms with van der Waals surface area (Å²) in [7, 11) is 1.91. The minimum absolute atomic E-state index is 0.0551. The molecule has 0 saturated heterocycles. The Morgan fingerprint density at radius 2 is 1.95 bits per heavy atom. The van der Waals surface area contributed by atoms with E-state index in [0.717, 1.165) is 22.4 Å². The number of fused-ring (bicyclic) bond motifs is 2. The van der Waals surface area contributed by atoms with Gasteiger partial charge in [-0.15, -0.1) is 16.4 Å². The number of hydrogen-bond acceptors (Lipinski definition) is 7. The van der Waals surface area contributed by atoms with Gasteiger partial charge >= 0.3 is 0 Å². The molecule has 6 rings (SSSR count). The topological polar surface area (TPSA) is 95.3 Å². The summed E-state index contributed by atoms with van der Waals surface area (Å²) >= 11 is 1.79. The van der Waals surface area contributed by atoms with Crippen LogP contribution in [0.1, 0.15) is 40.2 Å². The van der Waals surface area contributed by atoms with Crippen LogP contribution in [0.2, 0.25) is 0 Å². The largest absolute Gasteiger partial charge is 0.382 e. The lowest BCUT2D eigenvalue weighted by Crippen LogP contribution is -2.21.